The molecule has 5 nitrogen and oxygen atoms in total. The molecule has 0 atom stereocenters. The van der Waals surface area contributed by atoms with Crippen molar-refractivity contribution in [2.24, 2.45) is 0 Å². The third kappa shape index (κ3) is 2.93. The van der Waals surface area contributed by atoms with E-state index in [4.69, 9.17) is 9.84 Å². The van der Waals surface area contributed by atoms with Gasteiger partial charge < -0.3 is 9.84 Å². The highest BCUT2D eigenvalue weighted by atomic mass is 19.1. The molecular weight excluding hydrogens is 270 g/mol. The Kier molecular flexibility index (Phi) is 3.97. The molecule has 0 spiro atoms. The van der Waals surface area contributed by atoms with Crippen LogP contribution in [0, 0.1) is 11.6 Å². The summed E-state index contributed by atoms with van der Waals surface area (Å²) in [4.78, 5) is 10.6. The minimum Gasteiger partial charge on any atom is -0.483 e. The maximum atomic E-state index is 13.6. The lowest BCUT2D eigenvalue weighted by Crippen LogP contribution is -2.03. The summed E-state index contributed by atoms with van der Waals surface area (Å²) in [6, 6.07) is 1.44. The highest BCUT2D eigenvalue weighted by Gasteiger charge is 2.16. The Hall–Kier alpha value is -2.44. The van der Waals surface area contributed by atoms with E-state index < -0.39 is 28.9 Å². The first-order valence-electron chi connectivity index (χ1n) is 5.87. The van der Waals surface area contributed by atoms with Gasteiger partial charge in [-0.05, 0) is 19.1 Å². The highest BCUT2D eigenvalue weighted by molar-refractivity contribution is 5.87. The molecule has 0 saturated carbocycles. The van der Waals surface area contributed by atoms with Gasteiger partial charge in [0.15, 0.2) is 17.4 Å². The van der Waals surface area contributed by atoms with Gasteiger partial charge in [0.2, 0.25) is 0 Å². The van der Waals surface area contributed by atoms with Crippen molar-refractivity contribution in [3.8, 4) is 5.75 Å². The second-order valence-electron chi connectivity index (χ2n) is 4.07. The first-order chi connectivity index (χ1) is 9.51. The number of rotatable bonds is 5. The van der Waals surface area contributed by atoms with Crippen molar-refractivity contribution in [2.45, 2.75) is 20.1 Å². The van der Waals surface area contributed by atoms with Crippen LogP contribution in [0.15, 0.2) is 24.5 Å². The van der Waals surface area contributed by atoms with Crippen molar-refractivity contribution in [3.05, 3.63) is 47.3 Å². The van der Waals surface area contributed by atoms with Crippen LogP contribution in [0.3, 0.4) is 0 Å². The molecule has 0 amide bonds. The lowest BCUT2D eigenvalue weighted by atomic mass is 10.2. The van der Waals surface area contributed by atoms with Crippen molar-refractivity contribution in [3.63, 3.8) is 0 Å². The van der Waals surface area contributed by atoms with Gasteiger partial charge in [-0.2, -0.15) is 5.10 Å². The number of hydrogen-bond donors (Lipinski definition) is 1. The number of nitrogens with zero attached hydrogens (tertiary/aromatic N) is 2. The standard InChI is InChI=1S/C13H12F2N2O3/c1-2-17-6-8(5-16-17)7-20-12-10(14)3-9(13(18)19)4-11(12)15/h3-6H,2,7H2,1H3,(H,18,19). The maximum absolute atomic E-state index is 13.6. The Morgan fingerprint density at radius 2 is 2.05 bits per heavy atom. The van der Waals surface area contributed by atoms with Crippen molar-refractivity contribution in [1.29, 1.82) is 0 Å². The fraction of sp³-hybridized carbons (Fsp3) is 0.231. The van der Waals surface area contributed by atoms with E-state index in [1.807, 2.05) is 6.92 Å². The Morgan fingerprint density at radius 3 is 2.55 bits per heavy atom. The number of benzene rings is 1. The molecule has 1 aromatic carbocycles. The number of hydrogen-bond acceptors (Lipinski definition) is 3. The van der Waals surface area contributed by atoms with Crippen molar-refractivity contribution in [2.75, 3.05) is 0 Å². The number of aromatic carboxylic acids is 1. The zero-order valence-corrected chi connectivity index (χ0v) is 10.6. The van der Waals surface area contributed by atoms with E-state index in [1.165, 1.54) is 6.20 Å². The Balaban J connectivity index is 2.15. The Labute approximate surface area is 113 Å². The van der Waals surface area contributed by atoms with Crippen LogP contribution >= 0.6 is 0 Å². The van der Waals surface area contributed by atoms with Gasteiger partial charge in [-0.3, -0.25) is 4.68 Å². The van der Waals surface area contributed by atoms with Gasteiger partial charge in [0.05, 0.1) is 11.8 Å². The fourth-order valence-corrected chi connectivity index (χ4v) is 1.63. The Bertz CT molecular complexity index is 617. The second kappa shape index (κ2) is 5.68. The van der Waals surface area contributed by atoms with Gasteiger partial charge in [-0.15, -0.1) is 0 Å². The first kappa shape index (κ1) is 14.0. The van der Waals surface area contributed by atoms with Crippen molar-refractivity contribution < 1.29 is 23.4 Å². The van der Waals surface area contributed by atoms with E-state index in [1.54, 1.807) is 10.9 Å². The molecule has 2 rings (SSSR count). The third-order valence-corrected chi connectivity index (χ3v) is 2.64. The number of aromatic nitrogens is 2. The number of ether oxygens (including phenoxy) is 1. The summed E-state index contributed by atoms with van der Waals surface area (Å²) >= 11 is 0. The quantitative estimate of drug-likeness (QED) is 0.915. The van der Waals surface area contributed by atoms with E-state index in [-0.39, 0.29) is 6.61 Å². The molecule has 2 aromatic rings. The molecule has 1 aromatic heterocycles. The maximum Gasteiger partial charge on any atom is 0.335 e. The van der Waals surface area contributed by atoms with Crippen molar-refractivity contribution in [1.82, 2.24) is 9.78 Å². The largest absolute Gasteiger partial charge is 0.483 e. The molecule has 7 heteroatoms. The number of halogens is 2. The predicted molar refractivity (Wildman–Crippen MR) is 65.6 cm³/mol. The summed E-state index contributed by atoms with van der Waals surface area (Å²) < 4.78 is 33.9. The summed E-state index contributed by atoms with van der Waals surface area (Å²) in [7, 11) is 0. The summed E-state index contributed by atoms with van der Waals surface area (Å²) in [5, 5.41) is 12.7. The zero-order chi connectivity index (χ0) is 14.7. The third-order valence-electron chi connectivity index (χ3n) is 2.64. The molecule has 0 aliphatic carbocycles. The average Bonchev–Trinajstić information content (AvgIpc) is 2.85. The SMILES string of the molecule is CCn1cc(COc2c(F)cc(C(=O)O)cc2F)cn1. The minimum atomic E-state index is -1.40. The summed E-state index contributed by atoms with van der Waals surface area (Å²) in [5.74, 6) is -4.10. The monoisotopic (exact) mass is 282 g/mol. The average molecular weight is 282 g/mol. The molecule has 0 unspecified atom stereocenters. The predicted octanol–water partition coefficient (Wildman–Crippen LogP) is 2.46. The summed E-state index contributed by atoms with van der Waals surface area (Å²) in [6.45, 7) is 2.53. The van der Waals surface area contributed by atoms with Crippen LogP contribution < -0.4 is 4.74 Å². The Morgan fingerprint density at radius 1 is 1.40 bits per heavy atom. The molecule has 0 saturated heterocycles. The lowest BCUT2D eigenvalue weighted by molar-refractivity contribution is 0.0695. The van der Waals surface area contributed by atoms with Crippen LogP contribution in [0.2, 0.25) is 0 Å². The normalized spacial score (nSPS) is 10.6. The highest BCUT2D eigenvalue weighted by Crippen LogP contribution is 2.24. The van der Waals surface area contributed by atoms with Gasteiger partial charge in [0, 0.05) is 18.3 Å². The number of carboxylic acids is 1. The zero-order valence-electron chi connectivity index (χ0n) is 10.6. The molecule has 1 heterocycles. The number of carbonyl (C=O) groups is 1. The molecule has 1 N–H and O–H groups in total. The summed E-state index contributed by atoms with van der Waals surface area (Å²) in [6.07, 6.45) is 3.23. The van der Waals surface area contributed by atoms with Crippen molar-refractivity contribution >= 4 is 5.97 Å². The van der Waals surface area contributed by atoms with E-state index in [0.717, 1.165) is 12.1 Å². The van der Waals surface area contributed by atoms with Gasteiger partial charge in [-0.1, -0.05) is 0 Å². The number of aryl methyl sites for hydroxylation is 1. The smallest absolute Gasteiger partial charge is 0.335 e. The van der Waals surface area contributed by atoms with Crippen LogP contribution in [0.25, 0.3) is 0 Å². The second-order valence-corrected chi connectivity index (χ2v) is 4.07. The topological polar surface area (TPSA) is 64.3 Å². The van der Waals surface area contributed by atoms with E-state index in [2.05, 4.69) is 5.10 Å². The first-order valence-corrected chi connectivity index (χ1v) is 5.87. The van der Waals surface area contributed by atoms with Crippen LogP contribution in [-0.2, 0) is 13.2 Å². The molecule has 0 bridgehead atoms. The van der Waals surface area contributed by atoms with Crippen LogP contribution in [0.4, 0.5) is 8.78 Å². The minimum absolute atomic E-state index is 0.0553. The van der Waals surface area contributed by atoms with E-state index in [0.29, 0.717) is 12.1 Å². The molecular formula is C13H12F2N2O3. The van der Waals surface area contributed by atoms with Crippen LogP contribution in [0.1, 0.15) is 22.8 Å². The van der Waals surface area contributed by atoms with E-state index >= 15 is 0 Å². The molecule has 0 radical (unpaired) electrons. The molecule has 106 valence electrons. The summed E-state index contributed by atoms with van der Waals surface area (Å²) in [5.41, 5.74) is 0.194. The van der Waals surface area contributed by atoms with Gasteiger partial charge in [0.25, 0.3) is 0 Å². The van der Waals surface area contributed by atoms with Gasteiger partial charge in [0.1, 0.15) is 6.61 Å². The van der Waals surface area contributed by atoms with Crippen LogP contribution in [-0.4, -0.2) is 20.9 Å². The molecule has 0 aliphatic heterocycles. The van der Waals surface area contributed by atoms with Gasteiger partial charge >= 0.3 is 5.97 Å². The number of carboxylic acid groups (broad SMARTS) is 1. The van der Waals surface area contributed by atoms with E-state index in [9.17, 15) is 13.6 Å². The lowest BCUT2D eigenvalue weighted by Gasteiger charge is -2.08. The molecule has 0 aliphatic rings. The molecule has 20 heavy (non-hydrogen) atoms. The van der Waals surface area contributed by atoms with Crippen LogP contribution in [0.5, 0.6) is 5.75 Å². The molecule has 0 fully saturated rings. The fourth-order valence-electron chi connectivity index (χ4n) is 1.63. The van der Waals surface area contributed by atoms with Gasteiger partial charge in [-0.25, -0.2) is 13.6 Å².